The Bertz CT molecular complexity index is 544. The van der Waals surface area contributed by atoms with E-state index in [9.17, 15) is 0 Å². The van der Waals surface area contributed by atoms with Gasteiger partial charge >= 0.3 is 0 Å². The van der Waals surface area contributed by atoms with E-state index < -0.39 is 0 Å². The quantitative estimate of drug-likeness (QED) is 0.854. The van der Waals surface area contributed by atoms with E-state index in [1.807, 2.05) is 0 Å². The maximum atomic E-state index is 4.89. The van der Waals surface area contributed by atoms with Gasteiger partial charge in [-0.3, -0.25) is 0 Å². The van der Waals surface area contributed by atoms with E-state index in [4.69, 9.17) is 9.97 Å². The van der Waals surface area contributed by atoms with Gasteiger partial charge in [-0.2, -0.15) is 0 Å². The predicted octanol–water partition coefficient (Wildman–Crippen LogP) is 3.00. The number of hydrogen-bond acceptors (Lipinski definition) is 4. The van der Waals surface area contributed by atoms with Crippen molar-refractivity contribution < 1.29 is 0 Å². The highest BCUT2D eigenvalue weighted by atomic mass is 15.2. The number of hydrogen-bond donors (Lipinski definition) is 1. The van der Waals surface area contributed by atoms with Gasteiger partial charge in [-0.25, -0.2) is 9.97 Å². The highest BCUT2D eigenvalue weighted by Crippen LogP contribution is 2.40. The van der Waals surface area contributed by atoms with Gasteiger partial charge in [0.2, 0.25) is 0 Å². The minimum absolute atomic E-state index is 0.606. The number of nitrogens with zero attached hydrogens (tertiary/aromatic N) is 3. The standard InChI is InChI=1S/C16H22N4/c1-11-14(17-13-7-8-13)18-15(12-5-6-12)19-16(11)20-9-3-2-4-10-20/h2-3,12-13H,4-10H2,1H3,(H,17,18,19). The topological polar surface area (TPSA) is 41.1 Å². The molecule has 1 aromatic rings. The summed E-state index contributed by atoms with van der Waals surface area (Å²) in [5.41, 5.74) is 1.22. The maximum absolute atomic E-state index is 4.89. The second-order valence-electron chi connectivity index (χ2n) is 6.28. The molecule has 0 unspecified atom stereocenters. The minimum Gasteiger partial charge on any atom is -0.367 e. The SMILES string of the molecule is Cc1c(NC2CC2)nc(C2CC2)nc1N1CC=CCC1. The van der Waals surface area contributed by atoms with Crippen molar-refractivity contribution in [2.45, 2.75) is 51.0 Å². The van der Waals surface area contributed by atoms with E-state index in [2.05, 4.69) is 29.3 Å². The normalized spacial score (nSPS) is 22.1. The molecule has 3 aliphatic rings. The van der Waals surface area contributed by atoms with Gasteiger partial charge in [-0.1, -0.05) is 12.2 Å². The molecule has 2 heterocycles. The maximum Gasteiger partial charge on any atom is 0.137 e. The van der Waals surface area contributed by atoms with Crippen LogP contribution in [0.25, 0.3) is 0 Å². The van der Waals surface area contributed by atoms with Gasteiger partial charge in [0.25, 0.3) is 0 Å². The molecule has 1 aromatic heterocycles. The fourth-order valence-corrected chi connectivity index (χ4v) is 2.75. The summed E-state index contributed by atoms with van der Waals surface area (Å²) >= 11 is 0. The Morgan fingerprint density at radius 1 is 1.15 bits per heavy atom. The van der Waals surface area contributed by atoms with E-state index in [0.29, 0.717) is 12.0 Å². The summed E-state index contributed by atoms with van der Waals surface area (Å²) in [6, 6.07) is 0.643. The summed E-state index contributed by atoms with van der Waals surface area (Å²) in [6.45, 7) is 4.21. The molecule has 0 bridgehead atoms. The highest BCUT2D eigenvalue weighted by molar-refractivity contribution is 5.60. The van der Waals surface area contributed by atoms with Gasteiger partial charge in [0.1, 0.15) is 17.5 Å². The Labute approximate surface area is 120 Å². The molecule has 4 heteroatoms. The number of rotatable bonds is 4. The zero-order valence-corrected chi connectivity index (χ0v) is 12.1. The van der Waals surface area contributed by atoms with E-state index in [0.717, 1.165) is 37.0 Å². The van der Waals surface area contributed by atoms with Gasteiger partial charge < -0.3 is 10.2 Å². The molecule has 20 heavy (non-hydrogen) atoms. The number of nitrogens with one attached hydrogen (secondary N) is 1. The molecule has 4 nitrogen and oxygen atoms in total. The van der Waals surface area contributed by atoms with Crippen molar-refractivity contribution in [3.63, 3.8) is 0 Å². The first-order valence-electron chi connectivity index (χ1n) is 7.86. The Morgan fingerprint density at radius 2 is 2.00 bits per heavy atom. The monoisotopic (exact) mass is 270 g/mol. The zero-order chi connectivity index (χ0) is 13.5. The van der Waals surface area contributed by atoms with Crippen molar-refractivity contribution in [2.24, 2.45) is 0 Å². The third kappa shape index (κ3) is 2.39. The van der Waals surface area contributed by atoms with Crippen LogP contribution in [-0.4, -0.2) is 29.1 Å². The molecular weight excluding hydrogens is 248 g/mol. The van der Waals surface area contributed by atoms with Crippen LogP contribution in [0.2, 0.25) is 0 Å². The lowest BCUT2D eigenvalue weighted by Gasteiger charge is -2.27. The molecule has 1 N–H and O–H groups in total. The average Bonchev–Trinajstić information content (AvgIpc) is 3.36. The van der Waals surface area contributed by atoms with Crippen LogP contribution in [0.5, 0.6) is 0 Å². The van der Waals surface area contributed by atoms with E-state index in [1.165, 1.54) is 31.2 Å². The van der Waals surface area contributed by atoms with Gasteiger partial charge in [0.15, 0.2) is 0 Å². The lowest BCUT2D eigenvalue weighted by atomic mass is 10.2. The number of aromatic nitrogens is 2. The van der Waals surface area contributed by atoms with E-state index >= 15 is 0 Å². The van der Waals surface area contributed by atoms with Crippen molar-refractivity contribution in [3.8, 4) is 0 Å². The Morgan fingerprint density at radius 3 is 2.65 bits per heavy atom. The first-order valence-corrected chi connectivity index (χ1v) is 7.86. The minimum atomic E-state index is 0.606. The van der Waals surface area contributed by atoms with Gasteiger partial charge in [-0.05, 0) is 39.0 Å². The lowest BCUT2D eigenvalue weighted by Crippen LogP contribution is -2.29. The molecule has 0 aromatic carbocycles. The van der Waals surface area contributed by atoms with Crippen LogP contribution in [0.3, 0.4) is 0 Å². The van der Waals surface area contributed by atoms with Gasteiger partial charge in [0.05, 0.1) is 0 Å². The lowest BCUT2D eigenvalue weighted by molar-refractivity contribution is 0.784. The summed E-state index contributed by atoms with van der Waals surface area (Å²) in [6.07, 6.45) is 10.7. The molecule has 4 rings (SSSR count). The van der Waals surface area contributed by atoms with Crippen LogP contribution in [-0.2, 0) is 0 Å². The van der Waals surface area contributed by atoms with Crippen molar-refractivity contribution in [1.29, 1.82) is 0 Å². The molecule has 0 spiro atoms. The van der Waals surface area contributed by atoms with Crippen molar-refractivity contribution in [3.05, 3.63) is 23.5 Å². The first kappa shape index (κ1) is 12.2. The van der Waals surface area contributed by atoms with Gasteiger partial charge in [-0.15, -0.1) is 0 Å². The van der Waals surface area contributed by atoms with E-state index in [1.54, 1.807) is 0 Å². The second kappa shape index (κ2) is 4.76. The molecule has 0 amide bonds. The predicted molar refractivity (Wildman–Crippen MR) is 81.4 cm³/mol. The van der Waals surface area contributed by atoms with Crippen LogP contribution in [0.4, 0.5) is 11.6 Å². The Kier molecular flexibility index (Phi) is 2.90. The number of anilines is 2. The summed E-state index contributed by atoms with van der Waals surface area (Å²) in [4.78, 5) is 12.1. The molecule has 106 valence electrons. The molecular formula is C16H22N4. The first-order chi connectivity index (χ1) is 9.81. The summed E-state index contributed by atoms with van der Waals surface area (Å²) in [5, 5.41) is 3.59. The zero-order valence-electron chi connectivity index (χ0n) is 12.1. The van der Waals surface area contributed by atoms with Gasteiger partial charge in [0, 0.05) is 30.6 Å². The van der Waals surface area contributed by atoms with Crippen molar-refractivity contribution in [2.75, 3.05) is 23.3 Å². The molecule has 2 saturated carbocycles. The van der Waals surface area contributed by atoms with Crippen LogP contribution in [0.15, 0.2) is 12.2 Å². The highest BCUT2D eigenvalue weighted by Gasteiger charge is 2.30. The largest absolute Gasteiger partial charge is 0.367 e. The third-order valence-electron chi connectivity index (χ3n) is 4.36. The van der Waals surface area contributed by atoms with Crippen molar-refractivity contribution >= 4 is 11.6 Å². The molecule has 2 fully saturated rings. The fourth-order valence-electron chi connectivity index (χ4n) is 2.75. The Hall–Kier alpha value is -1.58. The second-order valence-corrected chi connectivity index (χ2v) is 6.28. The van der Waals surface area contributed by atoms with Crippen LogP contribution in [0, 0.1) is 6.92 Å². The summed E-state index contributed by atoms with van der Waals surface area (Å²) < 4.78 is 0. The Balaban J connectivity index is 1.70. The molecule has 1 aliphatic heterocycles. The molecule has 2 aliphatic carbocycles. The average molecular weight is 270 g/mol. The van der Waals surface area contributed by atoms with Crippen LogP contribution < -0.4 is 10.2 Å². The third-order valence-corrected chi connectivity index (χ3v) is 4.36. The molecule has 0 radical (unpaired) electrons. The fraction of sp³-hybridized carbons (Fsp3) is 0.625. The van der Waals surface area contributed by atoms with Crippen molar-refractivity contribution in [1.82, 2.24) is 9.97 Å². The van der Waals surface area contributed by atoms with Crippen LogP contribution in [0.1, 0.15) is 49.4 Å². The molecule has 0 atom stereocenters. The van der Waals surface area contributed by atoms with Crippen LogP contribution >= 0.6 is 0 Å². The van der Waals surface area contributed by atoms with E-state index in [-0.39, 0.29) is 0 Å². The smallest absolute Gasteiger partial charge is 0.137 e. The molecule has 0 saturated heterocycles. The summed E-state index contributed by atoms with van der Waals surface area (Å²) in [5.74, 6) is 3.89. The summed E-state index contributed by atoms with van der Waals surface area (Å²) in [7, 11) is 0.